The molecule has 1 amide bonds. The van der Waals surface area contributed by atoms with E-state index in [1.165, 1.54) is 4.68 Å². The number of amides is 1. The van der Waals surface area contributed by atoms with Gasteiger partial charge in [0.1, 0.15) is 0 Å². The molecule has 0 radical (unpaired) electrons. The molecule has 84 valence electrons. The molecule has 0 aliphatic rings. The highest BCUT2D eigenvalue weighted by Crippen LogP contribution is 1.94. The van der Waals surface area contributed by atoms with Gasteiger partial charge in [0.25, 0.3) is 0 Å². The van der Waals surface area contributed by atoms with Crippen LogP contribution < -0.4 is 10.6 Å². The summed E-state index contributed by atoms with van der Waals surface area (Å²) in [7, 11) is 1.70. The minimum atomic E-state index is -0.0632. The van der Waals surface area contributed by atoms with Crippen LogP contribution in [0.1, 0.15) is 13.8 Å². The minimum Gasteiger partial charge on any atom is -0.354 e. The van der Waals surface area contributed by atoms with Crippen LogP contribution in [0, 0.1) is 5.92 Å². The Morgan fingerprint density at radius 1 is 1.53 bits per heavy atom. The Kier molecular flexibility index (Phi) is 4.02. The quantitative estimate of drug-likeness (QED) is 0.680. The monoisotopic (exact) mass is 212 g/mol. The van der Waals surface area contributed by atoms with Crippen LogP contribution in [0.15, 0.2) is 0 Å². The average Bonchev–Trinajstić information content (AvgIpc) is 2.58. The van der Waals surface area contributed by atoms with E-state index >= 15 is 0 Å². The zero-order chi connectivity index (χ0) is 11.3. The van der Waals surface area contributed by atoms with Crippen molar-refractivity contribution >= 4 is 11.9 Å². The van der Waals surface area contributed by atoms with Crippen molar-refractivity contribution in [3.8, 4) is 0 Å². The van der Waals surface area contributed by atoms with Crippen LogP contribution in [0.25, 0.3) is 0 Å². The number of carbonyl (C=O) groups excluding carboxylic acids is 1. The molecule has 0 bridgehead atoms. The van der Waals surface area contributed by atoms with Gasteiger partial charge in [-0.25, -0.2) is 4.68 Å². The first-order chi connectivity index (χ1) is 7.09. The summed E-state index contributed by atoms with van der Waals surface area (Å²) in [4.78, 5) is 11.3. The lowest BCUT2D eigenvalue weighted by Crippen LogP contribution is -2.32. The van der Waals surface area contributed by atoms with Crippen LogP contribution in [0.5, 0.6) is 0 Å². The molecule has 0 spiro atoms. The summed E-state index contributed by atoms with van der Waals surface area (Å²) >= 11 is 0. The van der Waals surface area contributed by atoms with Gasteiger partial charge in [-0.15, -0.1) is 0 Å². The van der Waals surface area contributed by atoms with Gasteiger partial charge in [-0.3, -0.25) is 4.79 Å². The summed E-state index contributed by atoms with van der Waals surface area (Å²) in [5.41, 5.74) is 0. The number of hydrogen-bond acceptors (Lipinski definition) is 5. The van der Waals surface area contributed by atoms with Crippen molar-refractivity contribution in [1.29, 1.82) is 0 Å². The molecule has 0 aliphatic carbocycles. The van der Waals surface area contributed by atoms with Gasteiger partial charge >= 0.3 is 0 Å². The van der Waals surface area contributed by atoms with Gasteiger partial charge in [0.2, 0.25) is 11.9 Å². The Morgan fingerprint density at radius 3 is 2.80 bits per heavy atom. The molecular weight excluding hydrogens is 196 g/mol. The second-order valence-electron chi connectivity index (χ2n) is 3.68. The largest absolute Gasteiger partial charge is 0.354 e. The molecule has 0 aliphatic heterocycles. The van der Waals surface area contributed by atoms with Gasteiger partial charge in [-0.05, 0) is 16.3 Å². The highest BCUT2D eigenvalue weighted by molar-refractivity contribution is 5.80. The Hall–Kier alpha value is -1.66. The molecule has 0 atom stereocenters. The van der Waals surface area contributed by atoms with E-state index in [-0.39, 0.29) is 12.5 Å². The molecule has 0 aromatic carbocycles. The maximum Gasteiger partial charge on any atom is 0.243 e. The van der Waals surface area contributed by atoms with Crippen molar-refractivity contribution < 1.29 is 4.79 Å². The summed E-state index contributed by atoms with van der Waals surface area (Å²) < 4.78 is 1.47. The lowest BCUT2D eigenvalue weighted by Gasteiger charge is -2.07. The fraction of sp³-hybridized carbons (Fsp3) is 0.750. The van der Waals surface area contributed by atoms with E-state index in [2.05, 4.69) is 26.2 Å². The van der Waals surface area contributed by atoms with E-state index in [4.69, 9.17) is 0 Å². The fourth-order valence-corrected chi connectivity index (χ4v) is 0.919. The van der Waals surface area contributed by atoms with E-state index in [1.807, 2.05) is 13.8 Å². The second-order valence-corrected chi connectivity index (χ2v) is 3.68. The number of aromatic nitrogens is 4. The first kappa shape index (κ1) is 11.4. The number of hydrogen-bond donors (Lipinski definition) is 2. The zero-order valence-electron chi connectivity index (χ0n) is 9.19. The minimum absolute atomic E-state index is 0.0632. The van der Waals surface area contributed by atoms with Crippen molar-refractivity contribution in [1.82, 2.24) is 25.5 Å². The van der Waals surface area contributed by atoms with Crippen LogP contribution in [0.4, 0.5) is 5.95 Å². The third-order valence-electron chi connectivity index (χ3n) is 1.73. The van der Waals surface area contributed by atoms with Crippen LogP contribution in [-0.4, -0.2) is 39.2 Å². The second kappa shape index (κ2) is 5.28. The highest BCUT2D eigenvalue weighted by atomic mass is 16.1. The van der Waals surface area contributed by atoms with Gasteiger partial charge in [0.15, 0.2) is 0 Å². The third kappa shape index (κ3) is 3.92. The van der Waals surface area contributed by atoms with Crippen LogP contribution in [-0.2, 0) is 11.8 Å². The predicted octanol–water partition coefficient (Wildman–Crippen LogP) is -0.606. The molecule has 0 fully saturated rings. The summed E-state index contributed by atoms with van der Waals surface area (Å²) in [6.45, 7) is 4.94. The molecule has 7 heteroatoms. The number of rotatable bonds is 5. The average molecular weight is 212 g/mol. The maximum absolute atomic E-state index is 11.3. The first-order valence-electron chi connectivity index (χ1n) is 4.82. The number of carbonyl (C=O) groups is 1. The molecule has 1 rings (SSSR count). The van der Waals surface area contributed by atoms with Gasteiger partial charge in [0.05, 0.1) is 6.54 Å². The van der Waals surface area contributed by atoms with Crippen molar-refractivity contribution in [2.75, 3.05) is 18.4 Å². The van der Waals surface area contributed by atoms with Crippen molar-refractivity contribution in [2.45, 2.75) is 13.8 Å². The molecule has 0 saturated carbocycles. The third-order valence-corrected chi connectivity index (χ3v) is 1.73. The Balaban J connectivity index is 2.26. The van der Waals surface area contributed by atoms with Gasteiger partial charge in [-0.1, -0.05) is 18.9 Å². The molecule has 0 unspecified atom stereocenters. The number of nitrogens with zero attached hydrogens (tertiary/aromatic N) is 4. The predicted molar refractivity (Wildman–Crippen MR) is 55.1 cm³/mol. The summed E-state index contributed by atoms with van der Waals surface area (Å²) in [5, 5.41) is 16.4. The number of aryl methyl sites for hydroxylation is 1. The smallest absolute Gasteiger partial charge is 0.243 e. The van der Waals surface area contributed by atoms with Crippen molar-refractivity contribution in [3.63, 3.8) is 0 Å². The lowest BCUT2D eigenvalue weighted by atomic mass is 10.2. The van der Waals surface area contributed by atoms with Crippen molar-refractivity contribution in [2.24, 2.45) is 13.0 Å². The molecule has 0 saturated heterocycles. The zero-order valence-corrected chi connectivity index (χ0v) is 9.19. The standard InChI is InChI=1S/C8H16N6O/c1-6(2)4-9-7(15)5-10-8-11-12-13-14(8)3/h6H,4-5H2,1-3H3,(H,9,15)(H,10,11,13). The van der Waals surface area contributed by atoms with Crippen LogP contribution >= 0.6 is 0 Å². The molecule has 1 aromatic heterocycles. The number of nitrogens with one attached hydrogen (secondary N) is 2. The highest BCUT2D eigenvalue weighted by Gasteiger charge is 2.05. The number of anilines is 1. The molecule has 7 nitrogen and oxygen atoms in total. The van der Waals surface area contributed by atoms with E-state index in [0.29, 0.717) is 18.4 Å². The normalized spacial score (nSPS) is 10.4. The first-order valence-corrected chi connectivity index (χ1v) is 4.82. The molecular formula is C8H16N6O. The fourth-order valence-electron chi connectivity index (χ4n) is 0.919. The van der Waals surface area contributed by atoms with E-state index < -0.39 is 0 Å². The van der Waals surface area contributed by atoms with E-state index in [0.717, 1.165) is 0 Å². The van der Waals surface area contributed by atoms with E-state index in [9.17, 15) is 4.79 Å². The SMILES string of the molecule is CC(C)CNC(=O)CNc1nnnn1C. The van der Waals surface area contributed by atoms with Crippen LogP contribution in [0.3, 0.4) is 0 Å². The van der Waals surface area contributed by atoms with Gasteiger partial charge in [-0.2, -0.15) is 0 Å². The van der Waals surface area contributed by atoms with Gasteiger partial charge < -0.3 is 10.6 Å². The molecule has 1 heterocycles. The van der Waals surface area contributed by atoms with Gasteiger partial charge in [0, 0.05) is 13.6 Å². The molecule has 15 heavy (non-hydrogen) atoms. The van der Waals surface area contributed by atoms with E-state index in [1.54, 1.807) is 7.05 Å². The topological polar surface area (TPSA) is 84.7 Å². The Labute approximate surface area is 88.2 Å². The van der Waals surface area contributed by atoms with Crippen molar-refractivity contribution in [3.05, 3.63) is 0 Å². The number of tetrazole rings is 1. The lowest BCUT2D eigenvalue weighted by molar-refractivity contribution is -0.119. The maximum atomic E-state index is 11.3. The summed E-state index contributed by atoms with van der Waals surface area (Å²) in [6.07, 6.45) is 0. The summed E-state index contributed by atoms with van der Waals surface area (Å²) in [6, 6.07) is 0. The Morgan fingerprint density at radius 2 is 2.27 bits per heavy atom. The Bertz CT molecular complexity index is 321. The molecule has 2 N–H and O–H groups in total. The molecule has 1 aromatic rings. The summed E-state index contributed by atoms with van der Waals surface area (Å²) in [5.74, 6) is 0.867. The van der Waals surface area contributed by atoms with Crippen LogP contribution in [0.2, 0.25) is 0 Å².